The highest BCUT2D eigenvalue weighted by Crippen LogP contribution is 2.55. The number of hydrogen-bond acceptors (Lipinski definition) is 5. The number of benzene rings is 1. The fourth-order valence-electron chi connectivity index (χ4n) is 8.11. The molecule has 192 valence electrons. The summed E-state index contributed by atoms with van der Waals surface area (Å²) in [6.45, 7) is 2.76. The van der Waals surface area contributed by atoms with Crippen LogP contribution in [0.5, 0.6) is 0 Å². The Kier molecular flexibility index (Phi) is 6.22. The van der Waals surface area contributed by atoms with E-state index in [0.717, 1.165) is 60.6 Å². The van der Waals surface area contributed by atoms with Crippen LogP contribution in [0.15, 0.2) is 23.0 Å². The third-order valence-corrected chi connectivity index (χ3v) is 9.24. The predicted octanol–water partition coefficient (Wildman–Crippen LogP) is 4.15. The molecule has 4 bridgehead atoms. The number of nitrogens with zero attached hydrogens (tertiary/aromatic N) is 3. The lowest BCUT2D eigenvalue weighted by atomic mass is 9.53. The Hall–Kier alpha value is -2.54. The van der Waals surface area contributed by atoms with Crippen LogP contribution in [-0.4, -0.2) is 33.6 Å². The highest BCUT2D eigenvalue weighted by Gasteiger charge is 2.50. The molecule has 1 aliphatic heterocycles. The van der Waals surface area contributed by atoms with E-state index >= 15 is 0 Å². The fraction of sp³-hybridized carbons (Fsp3) is 0.655. The summed E-state index contributed by atoms with van der Waals surface area (Å²) in [6.07, 6.45) is 13.7. The Balaban J connectivity index is 1.11. The maximum absolute atomic E-state index is 13.6. The van der Waals surface area contributed by atoms with Gasteiger partial charge in [-0.15, -0.1) is 0 Å². The van der Waals surface area contributed by atoms with Crippen LogP contribution in [0, 0.1) is 24.7 Å². The van der Waals surface area contributed by atoms with E-state index in [-0.39, 0.29) is 30.2 Å². The highest BCUT2D eigenvalue weighted by molar-refractivity contribution is 6.10. The average Bonchev–Trinajstić information content (AvgIpc) is 2.82. The SMILES string of the molecule is Cc1nc2cccc(CCCCCNC34CC5CC(CC(C5)C3)C4)c2c(=O)n1N1C(=O)CCCC1=O. The van der Waals surface area contributed by atoms with Crippen LogP contribution < -0.4 is 15.9 Å². The molecule has 1 saturated heterocycles. The lowest BCUT2D eigenvalue weighted by Crippen LogP contribution is -2.58. The van der Waals surface area contributed by atoms with Crippen molar-refractivity contribution in [3.8, 4) is 0 Å². The number of carbonyl (C=O) groups excluding carboxylic acids is 2. The first kappa shape index (κ1) is 23.8. The number of piperidine rings is 1. The first-order valence-corrected chi connectivity index (χ1v) is 14.0. The minimum Gasteiger partial charge on any atom is -0.311 e. The van der Waals surface area contributed by atoms with Gasteiger partial charge in [0.05, 0.1) is 10.9 Å². The van der Waals surface area contributed by atoms with Crippen LogP contribution in [0.3, 0.4) is 0 Å². The van der Waals surface area contributed by atoms with Crippen molar-refractivity contribution in [1.29, 1.82) is 0 Å². The molecule has 2 heterocycles. The van der Waals surface area contributed by atoms with Gasteiger partial charge in [-0.05, 0) is 107 Å². The molecule has 7 heteroatoms. The van der Waals surface area contributed by atoms with E-state index in [1.807, 2.05) is 18.2 Å². The van der Waals surface area contributed by atoms with Gasteiger partial charge in [0.25, 0.3) is 5.56 Å². The standard InChI is InChI=1S/C29H38N4O3/c1-19-31-24-9-5-8-23(27(24)28(36)32(19)33-25(34)10-6-11-26(33)35)7-3-2-4-12-30-29-16-20-13-21(17-29)15-22(14-20)18-29/h5,8-9,20-22,30H,2-4,6-7,10-18H2,1H3. The molecule has 2 aromatic rings. The number of carbonyl (C=O) groups is 2. The van der Waals surface area contributed by atoms with Crippen LogP contribution in [0.25, 0.3) is 10.9 Å². The van der Waals surface area contributed by atoms with Crippen LogP contribution in [0.1, 0.15) is 88.4 Å². The molecule has 36 heavy (non-hydrogen) atoms. The molecule has 4 aliphatic carbocycles. The second kappa shape index (κ2) is 9.40. The molecule has 2 amide bonds. The summed E-state index contributed by atoms with van der Waals surface area (Å²) in [5.74, 6) is 2.60. The molecule has 5 fully saturated rings. The first-order valence-electron chi connectivity index (χ1n) is 14.0. The minimum atomic E-state index is -0.332. The van der Waals surface area contributed by atoms with Crippen molar-refractivity contribution in [2.75, 3.05) is 11.6 Å². The van der Waals surface area contributed by atoms with Gasteiger partial charge in [0.2, 0.25) is 11.8 Å². The van der Waals surface area contributed by atoms with Gasteiger partial charge < -0.3 is 5.32 Å². The second-order valence-electron chi connectivity index (χ2n) is 12.0. The van der Waals surface area contributed by atoms with Crippen molar-refractivity contribution in [2.45, 2.75) is 95.9 Å². The van der Waals surface area contributed by atoms with Gasteiger partial charge >= 0.3 is 0 Å². The monoisotopic (exact) mass is 490 g/mol. The van der Waals surface area contributed by atoms with E-state index < -0.39 is 0 Å². The topological polar surface area (TPSA) is 84.3 Å². The van der Waals surface area contributed by atoms with Gasteiger partial charge in [0, 0.05) is 18.4 Å². The molecule has 0 spiro atoms. The molecule has 7 rings (SSSR count). The summed E-state index contributed by atoms with van der Waals surface area (Å²) in [5, 5.41) is 5.53. The van der Waals surface area contributed by atoms with E-state index in [4.69, 9.17) is 0 Å². The number of rotatable bonds is 8. The predicted molar refractivity (Wildman–Crippen MR) is 139 cm³/mol. The van der Waals surface area contributed by atoms with Gasteiger partial charge in [-0.25, -0.2) is 4.98 Å². The fourth-order valence-corrected chi connectivity index (χ4v) is 8.11. The Labute approximate surface area is 212 Å². The number of hydrogen-bond donors (Lipinski definition) is 1. The molecule has 1 N–H and O–H groups in total. The molecule has 7 nitrogen and oxygen atoms in total. The van der Waals surface area contributed by atoms with Gasteiger partial charge in [-0.2, -0.15) is 9.69 Å². The quantitative estimate of drug-likeness (QED) is 0.444. The van der Waals surface area contributed by atoms with Crippen molar-refractivity contribution >= 4 is 22.7 Å². The molecule has 1 aromatic carbocycles. The number of aryl methyl sites for hydroxylation is 2. The van der Waals surface area contributed by atoms with Gasteiger partial charge in [0.15, 0.2) is 0 Å². The molecular formula is C29H38N4O3. The number of fused-ring (bicyclic) bond motifs is 1. The van der Waals surface area contributed by atoms with Gasteiger partial charge in [-0.3, -0.25) is 14.4 Å². The van der Waals surface area contributed by atoms with Crippen molar-refractivity contribution in [3.05, 3.63) is 39.9 Å². The van der Waals surface area contributed by atoms with Crippen LogP contribution >= 0.6 is 0 Å². The molecule has 0 unspecified atom stereocenters. The maximum Gasteiger partial charge on any atom is 0.281 e. The lowest BCUT2D eigenvalue weighted by Gasteiger charge is -2.57. The van der Waals surface area contributed by atoms with Gasteiger partial charge in [0.1, 0.15) is 5.82 Å². The number of unbranched alkanes of at least 4 members (excludes halogenated alkanes) is 2. The van der Waals surface area contributed by atoms with Crippen LogP contribution in [0.4, 0.5) is 0 Å². The zero-order valence-corrected chi connectivity index (χ0v) is 21.4. The summed E-state index contributed by atoms with van der Waals surface area (Å²) >= 11 is 0. The normalized spacial score (nSPS) is 29.5. The maximum atomic E-state index is 13.6. The Morgan fingerprint density at radius 2 is 1.61 bits per heavy atom. The van der Waals surface area contributed by atoms with Crippen molar-refractivity contribution in [2.24, 2.45) is 17.8 Å². The molecule has 4 saturated carbocycles. The van der Waals surface area contributed by atoms with Crippen LogP contribution in [0.2, 0.25) is 0 Å². The van der Waals surface area contributed by atoms with Crippen molar-refractivity contribution in [1.82, 2.24) is 15.0 Å². The smallest absolute Gasteiger partial charge is 0.281 e. The largest absolute Gasteiger partial charge is 0.311 e. The number of nitrogens with one attached hydrogen (secondary N) is 1. The first-order chi connectivity index (χ1) is 17.4. The third kappa shape index (κ3) is 4.29. The van der Waals surface area contributed by atoms with Crippen molar-refractivity contribution in [3.63, 3.8) is 0 Å². The third-order valence-electron chi connectivity index (χ3n) is 9.24. The highest BCUT2D eigenvalue weighted by atomic mass is 16.2. The molecule has 0 radical (unpaired) electrons. The zero-order chi connectivity index (χ0) is 24.9. The molecule has 1 aromatic heterocycles. The number of imide groups is 1. The Morgan fingerprint density at radius 1 is 0.944 bits per heavy atom. The Morgan fingerprint density at radius 3 is 2.28 bits per heavy atom. The van der Waals surface area contributed by atoms with E-state index in [2.05, 4.69) is 10.3 Å². The zero-order valence-electron chi connectivity index (χ0n) is 21.4. The second-order valence-corrected chi connectivity index (χ2v) is 12.0. The summed E-state index contributed by atoms with van der Waals surface area (Å²) in [5.41, 5.74) is 1.68. The van der Waals surface area contributed by atoms with E-state index in [1.165, 1.54) is 43.2 Å². The Bertz CT molecular complexity index is 1200. The number of aromatic nitrogens is 2. The molecule has 0 atom stereocenters. The molecule has 5 aliphatic rings. The van der Waals surface area contributed by atoms with Gasteiger partial charge in [-0.1, -0.05) is 18.6 Å². The lowest BCUT2D eigenvalue weighted by molar-refractivity contribution is -0.131. The summed E-state index contributed by atoms with van der Waals surface area (Å²) in [4.78, 5) is 43.2. The van der Waals surface area contributed by atoms with E-state index in [9.17, 15) is 14.4 Å². The molecular weight excluding hydrogens is 452 g/mol. The summed E-state index contributed by atoms with van der Waals surface area (Å²) in [7, 11) is 0. The van der Waals surface area contributed by atoms with E-state index in [1.54, 1.807) is 6.92 Å². The van der Waals surface area contributed by atoms with Crippen LogP contribution in [-0.2, 0) is 16.0 Å². The minimum absolute atomic E-state index is 0.272. The van der Waals surface area contributed by atoms with E-state index in [0.29, 0.717) is 28.7 Å². The number of amides is 2. The summed E-state index contributed by atoms with van der Waals surface area (Å²) < 4.78 is 1.20. The summed E-state index contributed by atoms with van der Waals surface area (Å²) in [6, 6.07) is 5.77. The van der Waals surface area contributed by atoms with Crippen molar-refractivity contribution < 1.29 is 9.59 Å². The average molecular weight is 491 g/mol.